The fourth-order valence-electron chi connectivity index (χ4n) is 1.79. The molecule has 2 aromatic rings. The number of nitrogens with two attached hydrogens (primary N) is 1. The van der Waals surface area contributed by atoms with E-state index in [1.165, 1.54) is 0 Å². The zero-order valence-electron chi connectivity index (χ0n) is 11.7. The molecule has 116 valence electrons. The number of amides is 1. The molecule has 1 unspecified atom stereocenters. The second-order valence-electron chi connectivity index (χ2n) is 4.44. The largest absolute Gasteiger partial charge is 0.399 e. The first kappa shape index (κ1) is 19.3. The number of aromatic nitrogens is 2. The Morgan fingerprint density at radius 3 is 2.57 bits per heavy atom. The van der Waals surface area contributed by atoms with Crippen molar-refractivity contribution in [1.82, 2.24) is 15.1 Å². The summed E-state index contributed by atoms with van der Waals surface area (Å²) in [7, 11) is 0. The van der Waals surface area contributed by atoms with E-state index in [1.807, 2.05) is 31.2 Å². The SMILES string of the molecule is CC(C(=O)NCCc1ccc(N)cc1)n1cccn1.Cl.Cl. The van der Waals surface area contributed by atoms with Crippen molar-refractivity contribution in [3.8, 4) is 0 Å². The minimum Gasteiger partial charge on any atom is -0.399 e. The van der Waals surface area contributed by atoms with Crippen LogP contribution in [0.5, 0.6) is 0 Å². The summed E-state index contributed by atoms with van der Waals surface area (Å²) >= 11 is 0. The van der Waals surface area contributed by atoms with Crippen molar-refractivity contribution < 1.29 is 4.79 Å². The maximum atomic E-state index is 11.9. The molecule has 0 aliphatic carbocycles. The van der Waals surface area contributed by atoms with E-state index >= 15 is 0 Å². The minimum atomic E-state index is -0.290. The molecule has 2 rings (SSSR count). The number of halogens is 2. The molecule has 0 spiro atoms. The Hall–Kier alpha value is -1.72. The van der Waals surface area contributed by atoms with Gasteiger partial charge in [-0.2, -0.15) is 5.10 Å². The predicted molar refractivity (Wildman–Crippen MR) is 89.0 cm³/mol. The summed E-state index contributed by atoms with van der Waals surface area (Å²) < 4.78 is 1.64. The van der Waals surface area contributed by atoms with Crippen LogP contribution >= 0.6 is 24.8 Å². The lowest BCUT2D eigenvalue weighted by atomic mass is 10.1. The molecule has 0 aliphatic rings. The van der Waals surface area contributed by atoms with E-state index in [0.717, 1.165) is 17.7 Å². The molecule has 1 aromatic carbocycles. The molecule has 3 N–H and O–H groups in total. The topological polar surface area (TPSA) is 72.9 Å². The lowest BCUT2D eigenvalue weighted by molar-refractivity contribution is -0.124. The summed E-state index contributed by atoms with van der Waals surface area (Å²) in [6.45, 7) is 2.43. The second-order valence-corrected chi connectivity index (χ2v) is 4.44. The Morgan fingerprint density at radius 1 is 1.33 bits per heavy atom. The average Bonchev–Trinajstić information content (AvgIpc) is 2.94. The van der Waals surface area contributed by atoms with E-state index in [4.69, 9.17) is 5.73 Å². The highest BCUT2D eigenvalue weighted by Gasteiger charge is 2.13. The number of anilines is 1. The van der Waals surface area contributed by atoms with Crippen LogP contribution in [0.15, 0.2) is 42.7 Å². The Labute approximate surface area is 136 Å². The molecule has 1 atom stereocenters. The Bertz CT molecular complexity index is 528. The first-order valence-electron chi connectivity index (χ1n) is 6.28. The van der Waals surface area contributed by atoms with Crippen molar-refractivity contribution in [2.45, 2.75) is 19.4 Å². The quantitative estimate of drug-likeness (QED) is 0.825. The Balaban J connectivity index is 0.00000200. The molecular weight excluding hydrogens is 311 g/mol. The van der Waals surface area contributed by atoms with Gasteiger partial charge in [0.15, 0.2) is 0 Å². The van der Waals surface area contributed by atoms with E-state index in [-0.39, 0.29) is 36.8 Å². The van der Waals surface area contributed by atoms with Crippen LogP contribution < -0.4 is 11.1 Å². The lowest BCUT2D eigenvalue weighted by Crippen LogP contribution is -2.32. The number of rotatable bonds is 5. The van der Waals surface area contributed by atoms with Crippen LogP contribution in [0.2, 0.25) is 0 Å². The van der Waals surface area contributed by atoms with E-state index in [2.05, 4.69) is 10.4 Å². The third kappa shape index (κ3) is 5.65. The van der Waals surface area contributed by atoms with Crippen molar-refractivity contribution in [3.05, 3.63) is 48.3 Å². The number of carbonyl (C=O) groups excluding carboxylic acids is 1. The summed E-state index contributed by atoms with van der Waals surface area (Å²) in [6, 6.07) is 9.18. The van der Waals surface area contributed by atoms with Gasteiger partial charge < -0.3 is 11.1 Å². The van der Waals surface area contributed by atoms with Crippen LogP contribution in [0, 0.1) is 0 Å². The van der Waals surface area contributed by atoms with Crippen molar-refractivity contribution in [3.63, 3.8) is 0 Å². The average molecular weight is 331 g/mol. The Kier molecular flexibility index (Phi) is 8.50. The normalized spacial score (nSPS) is 10.9. The first-order valence-corrected chi connectivity index (χ1v) is 6.28. The van der Waals surface area contributed by atoms with E-state index < -0.39 is 0 Å². The van der Waals surface area contributed by atoms with Gasteiger partial charge in [0.2, 0.25) is 5.91 Å². The van der Waals surface area contributed by atoms with Gasteiger partial charge in [0, 0.05) is 24.6 Å². The standard InChI is InChI=1S/C14H18N4O.2ClH/c1-11(18-10-2-8-17-18)14(19)16-9-7-12-3-5-13(15)6-4-12;;/h2-6,8,10-11H,7,9,15H2,1H3,(H,16,19);2*1H. The maximum Gasteiger partial charge on any atom is 0.244 e. The van der Waals surface area contributed by atoms with Gasteiger partial charge >= 0.3 is 0 Å². The summed E-state index contributed by atoms with van der Waals surface area (Å²) in [4.78, 5) is 11.9. The van der Waals surface area contributed by atoms with Crippen LogP contribution in [0.3, 0.4) is 0 Å². The van der Waals surface area contributed by atoms with E-state index in [1.54, 1.807) is 23.1 Å². The number of benzene rings is 1. The highest BCUT2D eigenvalue weighted by Crippen LogP contribution is 2.06. The molecule has 0 radical (unpaired) electrons. The van der Waals surface area contributed by atoms with Crippen molar-refractivity contribution in [2.75, 3.05) is 12.3 Å². The number of carbonyl (C=O) groups is 1. The second kappa shape index (κ2) is 9.26. The van der Waals surface area contributed by atoms with Gasteiger partial charge in [-0.05, 0) is 37.1 Å². The van der Waals surface area contributed by atoms with Gasteiger partial charge in [0.25, 0.3) is 0 Å². The minimum absolute atomic E-state index is 0. The molecule has 5 nitrogen and oxygen atoms in total. The molecule has 1 aromatic heterocycles. The maximum absolute atomic E-state index is 11.9. The number of hydrogen-bond acceptors (Lipinski definition) is 3. The zero-order chi connectivity index (χ0) is 13.7. The molecule has 7 heteroatoms. The summed E-state index contributed by atoms with van der Waals surface area (Å²) in [5.41, 5.74) is 7.52. The molecule has 0 fully saturated rings. The van der Waals surface area contributed by atoms with Crippen molar-refractivity contribution >= 4 is 36.4 Å². The van der Waals surface area contributed by atoms with Crippen LogP contribution in [-0.4, -0.2) is 22.2 Å². The Morgan fingerprint density at radius 2 is 2.00 bits per heavy atom. The zero-order valence-corrected chi connectivity index (χ0v) is 13.4. The van der Waals surface area contributed by atoms with Crippen LogP contribution in [0.25, 0.3) is 0 Å². The smallest absolute Gasteiger partial charge is 0.244 e. The molecule has 1 amide bonds. The van der Waals surface area contributed by atoms with E-state index in [9.17, 15) is 4.79 Å². The van der Waals surface area contributed by atoms with Gasteiger partial charge in [-0.25, -0.2) is 0 Å². The van der Waals surface area contributed by atoms with Gasteiger partial charge in [0.1, 0.15) is 6.04 Å². The van der Waals surface area contributed by atoms with Gasteiger partial charge in [-0.15, -0.1) is 24.8 Å². The number of nitrogen functional groups attached to an aromatic ring is 1. The van der Waals surface area contributed by atoms with Crippen molar-refractivity contribution in [2.24, 2.45) is 0 Å². The van der Waals surface area contributed by atoms with Gasteiger partial charge in [-0.1, -0.05) is 12.1 Å². The predicted octanol–water partition coefficient (Wildman–Crippen LogP) is 2.23. The number of nitrogens with one attached hydrogen (secondary N) is 1. The first-order chi connectivity index (χ1) is 9.16. The molecule has 1 heterocycles. The molecule has 0 aliphatic heterocycles. The number of hydrogen-bond donors (Lipinski definition) is 2. The summed E-state index contributed by atoms with van der Waals surface area (Å²) in [5.74, 6) is -0.0286. The fraction of sp³-hybridized carbons (Fsp3) is 0.286. The monoisotopic (exact) mass is 330 g/mol. The van der Waals surface area contributed by atoms with E-state index in [0.29, 0.717) is 6.54 Å². The van der Waals surface area contributed by atoms with Crippen LogP contribution in [0.1, 0.15) is 18.5 Å². The van der Waals surface area contributed by atoms with Gasteiger partial charge in [0.05, 0.1) is 0 Å². The summed E-state index contributed by atoms with van der Waals surface area (Å²) in [5, 5.41) is 6.96. The van der Waals surface area contributed by atoms with Crippen LogP contribution in [-0.2, 0) is 11.2 Å². The fourth-order valence-corrected chi connectivity index (χ4v) is 1.79. The molecule has 0 saturated carbocycles. The molecular formula is C14H20Cl2N4O. The van der Waals surface area contributed by atoms with Gasteiger partial charge in [-0.3, -0.25) is 9.48 Å². The highest BCUT2D eigenvalue weighted by atomic mass is 35.5. The van der Waals surface area contributed by atoms with Crippen LogP contribution in [0.4, 0.5) is 5.69 Å². The number of nitrogens with zero attached hydrogens (tertiary/aromatic N) is 2. The third-order valence-corrected chi connectivity index (χ3v) is 2.99. The molecule has 0 saturated heterocycles. The molecule has 21 heavy (non-hydrogen) atoms. The summed E-state index contributed by atoms with van der Waals surface area (Å²) in [6.07, 6.45) is 4.24. The lowest BCUT2D eigenvalue weighted by Gasteiger charge is -2.12. The van der Waals surface area contributed by atoms with Crippen molar-refractivity contribution in [1.29, 1.82) is 0 Å². The third-order valence-electron chi connectivity index (χ3n) is 2.99. The molecule has 0 bridgehead atoms. The highest BCUT2D eigenvalue weighted by molar-refractivity contribution is 5.85.